The van der Waals surface area contributed by atoms with E-state index in [1.165, 1.54) is 11.8 Å². The van der Waals surface area contributed by atoms with E-state index >= 15 is 0 Å². The van der Waals surface area contributed by atoms with Gasteiger partial charge in [-0.15, -0.1) is 31.7 Å². The Labute approximate surface area is 186 Å². The number of aromatic nitrogens is 5. The van der Waals surface area contributed by atoms with Crippen LogP contribution in [0.3, 0.4) is 0 Å². The van der Waals surface area contributed by atoms with Crippen LogP contribution in [0.15, 0.2) is 81.7 Å². The summed E-state index contributed by atoms with van der Waals surface area (Å²) in [6.45, 7) is 0. The Morgan fingerprint density at radius 2 is 1.77 bits per heavy atom. The van der Waals surface area contributed by atoms with Crippen LogP contribution in [-0.4, -0.2) is 32.1 Å². The second kappa shape index (κ2) is 8.75. The number of hydrogen-bond acceptors (Lipinski definition) is 8. The lowest BCUT2D eigenvalue weighted by Crippen LogP contribution is -2.01. The summed E-state index contributed by atoms with van der Waals surface area (Å²) in [4.78, 5) is 1.02. The summed E-state index contributed by atoms with van der Waals surface area (Å²) >= 11 is 3.10. The summed E-state index contributed by atoms with van der Waals surface area (Å²) in [6, 6.07) is 21.6. The van der Waals surface area contributed by atoms with E-state index in [0.29, 0.717) is 22.7 Å². The molecule has 3 aromatic heterocycles. The van der Waals surface area contributed by atoms with Crippen LogP contribution in [-0.2, 0) is 5.75 Å². The molecule has 7 nitrogen and oxygen atoms in total. The molecule has 0 aliphatic rings. The SMILES string of the molecule is COc1ccccc1-n1c(SCc2nnc(-c3ccccc3)o2)nnc1-c1cccs1. The fraction of sp³-hybridized carbons (Fsp3) is 0.0909. The van der Waals surface area contributed by atoms with Gasteiger partial charge in [-0.25, -0.2) is 0 Å². The molecule has 0 saturated carbocycles. The number of thiophene rings is 1. The Bertz CT molecular complexity index is 1280. The molecule has 0 N–H and O–H groups in total. The number of rotatable bonds is 7. The van der Waals surface area contributed by atoms with Crippen LogP contribution >= 0.6 is 23.1 Å². The van der Waals surface area contributed by atoms with Crippen molar-refractivity contribution >= 4 is 23.1 Å². The molecule has 0 aliphatic carbocycles. The number of methoxy groups -OCH3 is 1. The molecule has 5 aromatic rings. The van der Waals surface area contributed by atoms with Crippen LogP contribution in [0.25, 0.3) is 27.8 Å². The normalized spacial score (nSPS) is 11.0. The van der Waals surface area contributed by atoms with Crippen LogP contribution in [0, 0.1) is 0 Å². The van der Waals surface area contributed by atoms with Crippen LogP contribution < -0.4 is 4.74 Å². The van der Waals surface area contributed by atoms with E-state index in [4.69, 9.17) is 9.15 Å². The molecular weight excluding hydrogens is 430 g/mol. The highest BCUT2D eigenvalue weighted by molar-refractivity contribution is 7.98. The van der Waals surface area contributed by atoms with Crippen molar-refractivity contribution in [2.45, 2.75) is 10.9 Å². The zero-order valence-electron chi connectivity index (χ0n) is 16.5. The van der Waals surface area contributed by atoms with Gasteiger partial charge in [-0.3, -0.25) is 4.57 Å². The molecule has 9 heteroatoms. The van der Waals surface area contributed by atoms with Crippen molar-refractivity contribution in [1.82, 2.24) is 25.0 Å². The fourth-order valence-electron chi connectivity index (χ4n) is 3.10. The van der Waals surface area contributed by atoms with Crippen molar-refractivity contribution in [3.05, 3.63) is 78.0 Å². The molecule has 0 saturated heterocycles. The number of para-hydroxylation sites is 2. The maximum absolute atomic E-state index is 5.84. The smallest absolute Gasteiger partial charge is 0.247 e. The lowest BCUT2D eigenvalue weighted by Gasteiger charge is -2.12. The minimum absolute atomic E-state index is 0.470. The van der Waals surface area contributed by atoms with E-state index in [2.05, 4.69) is 20.4 Å². The third kappa shape index (κ3) is 3.97. The third-order valence-corrected chi connectivity index (χ3v) is 6.29. The number of ether oxygens (including phenoxy) is 1. The maximum Gasteiger partial charge on any atom is 0.247 e. The minimum Gasteiger partial charge on any atom is -0.495 e. The Morgan fingerprint density at radius 3 is 2.58 bits per heavy atom. The van der Waals surface area contributed by atoms with Crippen molar-refractivity contribution in [3.8, 4) is 33.6 Å². The molecule has 0 radical (unpaired) electrons. The zero-order valence-corrected chi connectivity index (χ0v) is 18.1. The summed E-state index contributed by atoms with van der Waals surface area (Å²) in [5.41, 5.74) is 1.76. The van der Waals surface area contributed by atoms with Crippen LogP contribution in [0.5, 0.6) is 5.75 Å². The van der Waals surface area contributed by atoms with Gasteiger partial charge in [0.25, 0.3) is 0 Å². The van der Waals surface area contributed by atoms with Crippen LogP contribution in [0.4, 0.5) is 0 Å². The minimum atomic E-state index is 0.470. The van der Waals surface area contributed by atoms with Gasteiger partial charge in [0.2, 0.25) is 11.8 Å². The first-order valence-corrected chi connectivity index (χ1v) is 11.3. The van der Waals surface area contributed by atoms with Crippen LogP contribution in [0.1, 0.15) is 5.89 Å². The summed E-state index contributed by atoms with van der Waals surface area (Å²) < 4.78 is 13.4. The predicted octanol–water partition coefficient (Wildman–Crippen LogP) is 5.35. The van der Waals surface area contributed by atoms with E-state index in [1.54, 1.807) is 18.4 Å². The molecule has 31 heavy (non-hydrogen) atoms. The van der Waals surface area contributed by atoms with Gasteiger partial charge >= 0.3 is 0 Å². The van der Waals surface area contributed by atoms with Crippen LogP contribution in [0.2, 0.25) is 0 Å². The van der Waals surface area contributed by atoms with Crippen molar-refractivity contribution in [2.75, 3.05) is 7.11 Å². The first-order valence-electron chi connectivity index (χ1n) is 9.47. The lowest BCUT2D eigenvalue weighted by molar-refractivity contribution is 0.412. The monoisotopic (exact) mass is 447 g/mol. The molecule has 3 heterocycles. The third-order valence-electron chi connectivity index (χ3n) is 4.51. The Balaban J connectivity index is 1.47. The van der Waals surface area contributed by atoms with Crippen molar-refractivity contribution in [2.24, 2.45) is 0 Å². The van der Waals surface area contributed by atoms with Crippen molar-refractivity contribution in [1.29, 1.82) is 0 Å². The predicted molar refractivity (Wildman–Crippen MR) is 121 cm³/mol. The average Bonchev–Trinajstić information content (AvgIpc) is 3.59. The molecule has 0 atom stereocenters. The van der Waals surface area contributed by atoms with Crippen molar-refractivity contribution < 1.29 is 9.15 Å². The van der Waals surface area contributed by atoms with Gasteiger partial charge in [-0.1, -0.05) is 48.2 Å². The summed E-state index contributed by atoms with van der Waals surface area (Å²) in [7, 11) is 1.66. The summed E-state index contributed by atoms with van der Waals surface area (Å²) in [6.07, 6.45) is 0. The number of nitrogens with zero attached hydrogens (tertiary/aromatic N) is 5. The number of hydrogen-bond donors (Lipinski definition) is 0. The number of benzene rings is 2. The summed E-state index contributed by atoms with van der Waals surface area (Å²) in [5, 5.41) is 20.0. The van der Waals surface area contributed by atoms with E-state index in [-0.39, 0.29) is 0 Å². The van der Waals surface area contributed by atoms with Gasteiger partial charge in [-0.05, 0) is 35.7 Å². The topological polar surface area (TPSA) is 78.9 Å². The molecular formula is C22H17N5O2S2. The highest BCUT2D eigenvalue weighted by Crippen LogP contribution is 2.35. The summed E-state index contributed by atoms with van der Waals surface area (Å²) in [5.74, 6) is 3.00. The standard InChI is InChI=1S/C22H17N5O2S2/c1-28-17-11-6-5-10-16(17)27-20(18-12-7-13-30-18)24-26-22(27)31-14-19-23-25-21(29-19)15-8-3-2-4-9-15/h2-13H,14H2,1H3. The molecule has 0 aliphatic heterocycles. The molecule has 0 amide bonds. The quantitative estimate of drug-likeness (QED) is 0.311. The van der Waals surface area contributed by atoms with Gasteiger partial charge in [0.15, 0.2) is 11.0 Å². The highest BCUT2D eigenvalue weighted by atomic mass is 32.2. The Hall–Kier alpha value is -3.43. The zero-order chi connectivity index (χ0) is 21.0. The van der Waals surface area contributed by atoms with E-state index < -0.39 is 0 Å². The first kappa shape index (κ1) is 19.5. The van der Waals surface area contributed by atoms with E-state index in [1.807, 2.05) is 76.7 Å². The Morgan fingerprint density at radius 1 is 0.935 bits per heavy atom. The first-order chi connectivity index (χ1) is 15.3. The van der Waals surface area contributed by atoms with E-state index in [9.17, 15) is 0 Å². The van der Waals surface area contributed by atoms with Gasteiger partial charge in [0.1, 0.15) is 5.75 Å². The lowest BCUT2D eigenvalue weighted by atomic mass is 10.2. The molecule has 0 spiro atoms. The molecule has 0 fully saturated rings. The average molecular weight is 448 g/mol. The molecule has 0 bridgehead atoms. The molecule has 154 valence electrons. The highest BCUT2D eigenvalue weighted by Gasteiger charge is 2.20. The Kier molecular flexibility index (Phi) is 5.51. The van der Waals surface area contributed by atoms with Gasteiger partial charge in [0, 0.05) is 5.56 Å². The number of thioether (sulfide) groups is 1. The molecule has 5 rings (SSSR count). The van der Waals surface area contributed by atoms with Gasteiger partial charge < -0.3 is 9.15 Å². The maximum atomic E-state index is 5.84. The fourth-order valence-corrected chi connectivity index (χ4v) is 4.58. The largest absolute Gasteiger partial charge is 0.495 e. The second-order valence-electron chi connectivity index (χ2n) is 6.45. The van der Waals surface area contributed by atoms with Gasteiger partial charge in [0.05, 0.1) is 23.4 Å². The van der Waals surface area contributed by atoms with Gasteiger partial charge in [-0.2, -0.15) is 0 Å². The molecule has 0 unspecified atom stereocenters. The molecule has 2 aromatic carbocycles. The van der Waals surface area contributed by atoms with E-state index in [0.717, 1.165) is 27.7 Å². The second-order valence-corrected chi connectivity index (χ2v) is 8.34. The van der Waals surface area contributed by atoms with Crippen molar-refractivity contribution in [3.63, 3.8) is 0 Å².